The molecule has 0 N–H and O–H groups in total. The van der Waals surface area contributed by atoms with Crippen molar-refractivity contribution >= 4 is 17.5 Å². The Morgan fingerprint density at radius 1 is 1.19 bits per heavy atom. The van der Waals surface area contributed by atoms with Crippen LogP contribution >= 0.6 is 0 Å². The van der Waals surface area contributed by atoms with Gasteiger partial charge in [-0.15, -0.1) is 0 Å². The number of nitro benzene ring substituents is 1. The van der Waals surface area contributed by atoms with E-state index in [4.69, 9.17) is 0 Å². The number of benzene rings is 2. The number of amides is 1. The van der Waals surface area contributed by atoms with Crippen LogP contribution < -0.4 is 4.90 Å². The quantitative estimate of drug-likeness (QED) is 0.526. The number of carbonyl (C=O) groups is 1. The normalized spacial score (nSPS) is 18.8. The van der Waals surface area contributed by atoms with Crippen LogP contribution in [0.2, 0.25) is 0 Å². The molecule has 8 heteroatoms. The Balaban J connectivity index is 1.73. The van der Waals surface area contributed by atoms with Crippen LogP contribution in [0.15, 0.2) is 60.9 Å². The van der Waals surface area contributed by atoms with Gasteiger partial charge in [-0.2, -0.15) is 10.1 Å². The third kappa shape index (κ3) is 2.95. The molecule has 1 amide bonds. The Labute approximate surface area is 155 Å². The van der Waals surface area contributed by atoms with Crippen molar-refractivity contribution in [3.8, 4) is 0 Å². The number of carbonyl (C=O) groups excluding carboxylic acids is 1. The lowest BCUT2D eigenvalue weighted by atomic mass is 9.97. The average molecular weight is 363 g/mol. The number of fused-ring (bicyclic) bond motifs is 1. The number of aromatic nitrogens is 3. The Morgan fingerprint density at radius 2 is 1.96 bits per heavy atom. The second-order valence-corrected chi connectivity index (χ2v) is 6.50. The average Bonchev–Trinajstić information content (AvgIpc) is 3.17. The maximum atomic E-state index is 13.1. The van der Waals surface area contributed by atoms with Crippen LogP contribution in [0.25, 0.3) is 0 Å². The molecule has 0 spiro atoms. The van der Waals surface area contributed by atoms with Crippen LogP contribution in [0, 0.1) is 10.1 Å². The second-order valence-electron chi connectivity index (χ2n) is 6.50. The van der Waals surface area contributed by atoms with Gasteiger partial charge < -0.3 is 0 Å². The Kier molecular flexibility index (Phi) is 4.15. The minimum absolute atomic E-state index is 0.0205. The third-order valence-electron chi connectivity index (χ3n) is 4.78. The maximum absolute atomic E-state index is 13.1. The number of nitrogens with zero attached hydrogens (tertiary/aromatic N) is 5. The third-order valence-corrected chi connectivity index (χ3v) is 4.78. The number of hydrogen-bond donors (Lipinski definition) is 0. The highest BCUT2D eigenvalue weighted by molar-refractivity contribution is 6.06. The van der Waals surface area contributed by atoms with Gasteiger partial charge in [-0.1, -0.05) is 36.4 Å². The first-order valence-electron chi connectivity index (χ1n) is 8.58. The zero-order valence-corrected chi connectivity index (χ0v) is 14.6. The maximum Gasteiger partial charge on any atom is 0.270 e. The van der Waals surface area contributed by atoms with E-state index in [-0.39, 0.29) is 29.2 Å². The molecule has 1 aliphatic heterocycles. The molecule has 1 aliphatic rings. The van der Waals surface area contributed by atoms with Crippen molar-refractivity contribution in [2.75, 3.05) is 4.90 Å². The molecular formula is C19H17N5O3. The van der Waals surface area contributed by atoms with Crippen LogP contribution in [0.5, 0.6) is 0 Å². The van der Waals surface area contributed by atoms with Gasteiger partial charge in [0.15, 0.2) is 0 Å². The number of rotatable bonds is 3. The molecular weight excluding hydrogens is 346 g/mol. The fourth-order valence-electron chi connectivity index (χ4n) is 3.50. The molecule has 0 fully saturated rings. The number of nitro groups is 1. The lowest BCUT2D eigenvalue weighted by Gasteiger charge is -2.37. The minimum atomic E-state index is -0.510. The van der Waals surface area contributed by atoms with Gasteiger partial charge in [-0.3, -0.25) is 19.8 Å². The van der Waals surface area contributed by atoms with Crippen LogP contribution in [-0.4, -0.2) is 31.6 Å². The van der Waals surface area contributed by atoms with E-state index < -0.39 is 4.92 Å². The summed E-state index contributed by atoms with van der Waals surface area (Å²) in [5.74, 6) is 0.117. The summed E-state index contributed by atoms with van der Waals surface area (Å²) in [4.78, 5) is 29.5. The lowest BCUT2D eigenvalue weighted by molar-refractivity contribution is -0.384. The van der Waals surface area contributed by atoms with Crippen LogP contribution in [0.4, 0.5) is 11.6 Å². The summed E-state index contributed by atoms with van der Waals surface area (Å²) in [7, 11) is 0. The van der Waals surface area contributed by atoms with Gasteiger partial charge >= 0.3 is 0 Å². The summed E-state index contributed by atoms with van der Waals surface area (Å²) in [6.45, 7) is 1.95. The molecule has 2 aromatic carbocycles. The Morgan fingerprint density at radius 3 is 2.70 bits per heavy atom. The van der Waals surface area contributed by atoms with Gasteiger partial charge in [0, 0.05) is 23.7 Å². The smallest absolute Gasteiger partial charge is 0.270 e. The molecule has 1 aromatic heterocycles. The van der Waals surface area contributed by atoms with Crippen molar-refractivity contribution in [2.45, 2.75) is 25.4 Å². The van der Waals surface area contributed by atoms with E-state index in [0.717, 1.165) is 5.56 Å². The number of hydrogen-bond acceptors (Lipinski definition) is 5. The topological polar surface area (TPSA) is 94.2 Å². The molecule has 0 bridgehead atoms. The van der Waals surface area contributed by atoms with Gasteiger partial charge in [0.25, 0.3) is 11.6 Å². The van der Waals surface area contributed by atoms with E-state index >= 15 is 0 Å². The molecule has 2 heterocycles. The molecule has 136 valence electrons. The predicted octanol–water partition coefficient (Wildman–Crippen LogP) is 3.21. The van der Waals surface area contributed by atoms with Crippen molar-refractivity contribution < 1.29 is 9.72 Å². The molecule has 2 atom stereocenters. The molecule has 0 aliphatic carbocycles. The highest BCUT2D eigenvalue weighted by Gasteiger charge is 2.36. The SMILES string of the molecule is C[C@@H]1C[C@H](c2ccccc2)n2ncnc2N1C(=O)c1cccc([N+](=O)[O-])c1. The van der Waals surface area contributed by atoms with Crippen molar-refractivity contribution in [3.05, 3.63) is 82.2 Å². The van der Waals surface area contributed by atoms with E-state index in [2.05, 4.69) is 10.1 Å². The molecule has 27 heavy (non-hydrogen) atoms. The predicted molar refractivity (Wildman–Crippen MR) is 98.6 cm³/mol. The zero-order chi connectivity index (χ0) is 19.0. The zero-order valence-electron chi connectivity index (χ0n) is 14.6. The summed E-state index contributed by atoms with van der Waals surface area (Å²) in [5, 5.41) is 15.4. The van der Waals surface area contributed by atoms with Crippen LogP contribution in [0.1, 0.15) is 35.3 Å². The van der Waals surface area contributed by atoms with E-state index in [0.29, 0.717) is 12.4 Å². The molecule has 0 radical (unpaired) electrons. The van der Waals surface area contributed by atoms with Crippen molar-refractivity contribution in [1.29, 1.82) is 0 Å². The highest BCUT2D eigenvalue weighted by Crippen LogP contribution is 2.35. The molecule has 0 unspecified atom stereocenters. The summed E-state index contributed by atoms with van der Waals surface area (Å²) in [5.41, 5.74) is 1.23. The van der Waals surface area contributed by atoms with Crippen LogP contribution in [0.3, 0.4) is 0 Å². The van der Waals surface area contributed by atoms with Gasteiger partial charge in [-0.05, 0) is 25.0 Å². The van der Waals surface area contributed by atoms with Crippen molar-refractivity contribution in [1.82, 2.24) is 14.8 Å². The molecule has 3 aromatic rings. The fourth-order valence-corrected chi connectivity index (χ4v) is 3.50. The van der Waals surface area contributed by atoms with E-state index in [1.807, 2.05) is 37.3 Å². The van der Waals surface area contributed by atoms with E-state index in [1.165, 1.54) is 24.5 Å². The fraction of sp³-hybridized carbons (Fsp3) is 0.211. The van der Waals surface area contributed by atoms with E-state index in [9.17, 15) is 14.9 Å². The van der Waals surface area contributed by atoms with Crippen molar-refractivity contribution in [2.24, 2.45) is 0 Å². The molecule has 8 nitrogen and oxygen atoms in total. The number of anilines is 1. The largest absolute Gasteiger partial charge is 0.274 e. The van der Waals surface area contributed by atoms with Gasteiger partial charge in [-0.25, -0.2) is 4.68 Å². The van der Waals surface area contributed by atoms with Crippen molar-refractivity contribution in [3.63, 3.8) is 0 Å². The minimum Gasteiger partial charge on any atom is -0.274 e. The highest BCUT2D eigenvalue weighted by atomic mass is 16.6. The summed E-state index contributed by atoms with van der Waals surface area (Å²) < 4.78 is 1.74. The summed E-state index contributed by atoms with van der Waals surface area (Å²) >= 11 is 0. The molecule has 0 saturated carbocycles. The van der Waals surface area contributed by atoms with Gasteiger partial charge in [0.2, 0.25) is 5.95 Å². The molecule has 0 saturated heterocycles. The summed E-state index contributed by atoms with van der Waals surface area (Å²) in [6.07, 6.45) is 2.10. The standard InChI is InChI=1S/C19H17N5O3/c1-13-10-17(14-6-3-2-4-7-14)23-19(20-12-21-23)22(13)18(25)15-8-5-9-16(11-15)24(26)27/h2-9,11-13,17H,10H2,1H3/t13-,17-/m1/s1. The monoisotopic (exact) mass is 363 g/mol. The first-order valence-corrected chi connectivity index (χ1v) is 8.58. The number of non-ortho nitro benzene ring substituents is 1. The Hall–Kier alpha value is -3.55. The van der Waals surface area contributed by atoms with E-state index in [1.54, 1.807) is 15.6 Å². The lowest BCUT2D eigenvalue weighted by Crippen LogP contribution is -2.46. The first-order chi connectivity index (χ1) is 13.1. The first kappa shape index (κ1) is 16.9. The van der Waals surface area contributed by atoms with Crippen LogP contribution in [-0.2, 0) is 0 Å². The second kappa shape index (κ2) is 6.64. The van der Waals surface area contributed by atoms with Gasteiger partial charge in [0.1, 0.15) is 6.33 Å². The summed E-state index contributed by atoms with van der Waals surface area (Å²) in [6, 6.07) is 15.5. The van der Waals surface area contributed by atoms with Gasteiger partial charge in [0.05, 0.1) is 11.0 Å². The molecule has 4 rings (SSSR count). The Bertz CT molecular complexity index is 1000.